The van der Waals surface area contributed by atoms with Crippen LogP contribution in [0.15, 0.2) is 48.5 Å². The van der Waals surface area contributed by atoms with Crippen LogP contribution in [0.25, 0.3) is 0 Å². The summed E-state index contributed by atoms with van der Waals surface area (Å²) in [6.45, 7) is 2.23. The lowest BCUT2D eigenvalue weighted by atomic mass is 9.99. The Hall–Kier alpha value is -2.29. The van der Waals surface area contributed by atoms with Crippen molar-refractivity contribution in [2.75, 3.05) is 10.6 Å². The molecule has 0 saturated heterocycles. The van der Waals surface area contributed by atoms with E-state index in [0.717, 1.165) is 23.4 Å². The van der Waals surface area contributed by atoms with Gasteiger partial charge in [0.25, 0.3) is 0 Å². The average molecular weight is 308 g/mol. The van der Waals surface area contributed by atoms with Gasteiger partial charge < -0.3 is 10.6 Å². The molecule has 3 nitrogen and oxygen atoms in total. The zero-order chi connectivity index (χ0) is 16.1. The lowest BCUT2D eigenvalue weighted by molar-refractivity contribution is -0.116. The molecule has 2 N–H and O–H groups in total. The first-order chi connectivity index (χ1) is 11.3. The van der Waals surface area contributed by atoms with Crippen LogP contribution in [-0.2, 0) is 11.2 Å². The van der Waals surface area contributed by atoms with Gasteiger partial charge in [-0.2, -0.15) is 0 Å². The fourth-order valence-electron chi connectivity index (χ4n) is 3.04. The van der Waals surface area contributed by atoms with Crippen molar-refractivity contribution in [1.29, 1.82) is 0 Å². The molecule has 0 radical (unpaired) electrons. The topological polar surface area (TPSA) is 41.1 Å². The molecule has 23 heavy (non-hydrogen) atoms. The van der Waals surface area contributed by atoms with E-state index in [9.17, 15) is 4.79 Å². The van der Waals surface area contributed by atoms with Crippen molar-refractivity contribution in [3.8, 4) is 0 Å². The minimum atomic E-state index is 0.0170. The monoisotopic (exact) mass is 308 g/mol. The molecule has 2 aromatic rings. The summed E-state index contributed by atoms with van der Waals surface area (Å²) < 4.78 is 0. The average Bonchev–Trinajstić information content (AvgIpc) is 2.73. The number of unbranched alkanes of at least 4 members (excludes halogenated alkanes) is 2. The maximum Gasteiger partial charge on any atom is 0.226 e. The van der Waals surface area contributed by atoms with Crippen molar-refractivity contribution in [2.24, 2.45) is 0 Å². The lowest BCUT2D eigenvalue weighted by Gasteiger charge is -2.17. The number of hydrogen-bond donors (Lipinski definition) is 2. The first-order valence-corrected chi connectivity index (χ1v) is 8.50. The number of benzene rings is 2. The molecule has 3 rings (SSSR count). The van der Waals surface area contributed by atoms with E-state index in [0.29, 0.717) is 6.42 Å². The van der Waals surface area contributed by atoms with Gasteiger partial charge in [0.2, 0.25) is 5.91 Å². The Kier molecular flexibility index (Phi) is 4.96. The zero-order valence-corrected chi connectivity index (χ0v) is 13.6. The van der Waals surface area contributed by atoms with Crippen LogP contribution >= 0.6 is 0 Å². The van der Waals surface area contributed by atoms with Crippen LogP contribution in [0.1, 0.15) is 49.8 Å². The normalized spacial score (nSPS) is 16.9. The standard InChI is InChI=1S/C20H24N2O/c1-2-3-4-7-15-10-12-16(13-11-15)19-14-20(23)22-18-9-6-5-8-17(18)21-19/h5-6,8-13,19,21H,2-4,7,14H2,1H3,(H,22,23). The van der Waals surface area contributed by atoms with Gasteiger partial charge in [0.1, 0.15) is 0 Å². The molecule has 0 aliphatic carbocycles. The molecule has 2 aromatic carbocycles. The number of aryl methyl sites for hydroxylation is 1. The molecule has 120 valence electrons. The van der Waals surface area contributed by atoms with Gasteiger partial charge in [-0.05, 0) is 36.1 Å². The number of amides is 1. The summed E-state index contributed by atoms with van der Waals surface area (Å²) >= 11 is 0. The molecule has 0 saturated carbocycles. The molecular weight excluding hydrogens is 284 g/mol. The zero-order valence-electron chi connectivity index (χ0n) is 13.6. The van der Waals surface area contributed by atoms with Crippen LogP contribution in [0, 0.1) is 0 Å². The van der Waals surface area contributed by atoms with E-state index in [1.807, 2.05) is 24.3 Å². The van der Waals surface area contributed by atoms with E-state index in [-0.39, 0.29) is 11.9 Å². The summed E-state index contributed by atoms with van der Waals surface area (Å²) in [7, 11) is 0. The van der Waals surface area contributed by atoms with Crippen molar-refractivity contribution >= 4 is 17.3 Å². The quantitative estimate of drug-likeness (QED) is 0.770. The largest absolute Gasteiger partial charge is 0.376 e. The molecule has 0 spiro atoms. The number of carbonyl (C=O) groups is 1. The van der Waals surface area contributed by atoms with Gasteiger partial charge in [-0.25, -0.2) is 0 Å². The molecule has 1 aliphatic heterocycles. The minimum absolute atomic E-state index is 0.0170. The Morgan fingerprint density at radius 3 is 2.48 bits per heavy atom. The Balaban J connectivity index is 1.74. The van der Waals surface area contributed by atoms with Gasteiger partial charge in [0, 0.05) is 0 Å². The highest BCUT2D eigenvalue weighted by Gasteiger charge is 2.21. The molecule has 0 bridgehead atoms. The summed E-state index contributed by atoms with van der Waals surface area (Å²) in [5.41, 5.74) is 4.38. The third-order valence-corrected chi connectivity index (χ3v) is 4.37. The fourth-order valence-corrected chi connectivity index (χ4v) is 3.04. The number of nitrogens with one attached hydrogen (secondary N) is 2. The number of rotatable bonds is 5. The fraction of sp³-hybridized carbons (Fsp3) is 0.350. The van der Waals surface area contributed by atoms with Crippen LogP contribution in [0.5, 0.6) is 0 Å². The number of carbonyl (C=O) groups excluding carboxylic acids is 1. The second kappa shape index (κ2) is 7.32. The van der Waals surface area contributed by atoms with Crippen molar-refractivity contribution in [3.63, 3.8) is 0 Å². The Morgan fingerprint density at radius 1 is 1.00 bits per heavy atom. The maximum atomic E-state index is 12.1. The van der Waals surface area contributed by atoms with E-state index >= 15 is 0 Å². The van der Waals surface area contributed by atoms with E-state index < -0.39 is 0 Å². The molecule has 1 amide bonds. The summed E-state index contributed by atoms with van der Waals surface area (Å²) in [6.07, 6.45) is 5.36. The molecule has 1 heterocycles. The molecule has 0 aromatic heterocycles. The first kappa shape index (κ1) is 15.6. The Bertz CT molecular complexity index is 664. The van der Waals surface area contributed by atoms with Gasteiger partial charge in [-0.1, -0.05) is 56.2 Å². The van der Waals surface area contributed by atoms with Crippen LogP contribution in [0.3, 0.4) is 0 Å². The highest BCUT2D eigenvalue weighted by atomic mass is 16.1. The summed E-state index contributed by atoms with van der Waals surface area (Å²) in [5.74, 6) is 0.0551. The summed E-state index contributed by atoms with van der Waals surface area (Å²) in [4.78, 5) is 12.1. The van der Waals surface area contributed by atoms with Crippen molar-refractivity contribution in [2.45, 2.75) is 45.1 Å². The second-order valence-electron chi connectivity index (χ2n) is 6.19. The van der Waals surface area contributed by atoms with Gasteiger partial charge in [0.15, 0.2) is 0 Å². The predicted molar refractivity (Wildman–Crippen MR) is 95.7 cm³/mol. The van der Waals surface area contributed by atoms with Gasteiger partial charge in [-0.15, -0.1) is 0 Å². The third-order valence-electron chi connectivity index (χ3n) is 4.37. The SMILES string of the molecule is CCCCCc1ccc(C2CC(=O)Nc3ccccc3N2)cc1. The van der Waals surface area contributed by atoms with Crippen molar-refractivity contribution < 1.29 is 4.79 Å². The minimum Gasteiger partial charge on any atom is -0.376 e. The van der Waals surface area contributed by atoms with Crippen LogP contribution in [0.4, 0.5) is 11.4 Å². The first-order valence-electron chi connectivity index (χ1n) is 8.50. The van der Waals surface area contributed by atoms with Crippen LogP contribution in [-0.4, -0.2) is 5.91 Å². The van der Waals surface area contributed by atoms with Crippen molar-refractivity contribution in [1.82, 2.24) is 0 Å². The molecule has 0 fully saturated rings. The molecule has 3 heteroatoms. The lowest BCUT2D eigenvalue weighted by Crippen LogP contribution is -2.15. The van der Waals surface area contributed by atoms with Gasteiger partial charge >= 0.3 is 0 Å². The Labute approximate surface area is 138 Å². The van der Waals surface area contributed by atoms with Crippen LogP contribution < -0.4 is 10.6 Å². The van der Waals surface area contributed by atoms with E-state index in [1.165, 1.54) is 24.8 Å². The van der Waals surface area contributed by atoms with Crippen molar-refractivity contribution in [3.05, 3.63) is 59.7 Å². The number of fused-ring (bicyclic) bond motifs is 1. The number of anilines is 2. The second-order valence-corrected chi connectivity index (χ2v) is 6.19. The third kappa shape index (κ3) is 3.92. The Morgan fingerprint density at radius 2 is 1.74 bits per heavy atom. The van der Waals surface area contributed by atoms with Crippen LogP contribution in [0.2, 0.25) is 0 Å². The van der Waals surface area contributed by atoms with E-state index in [1.54, 1.807) is 0 Å². The highest BCUT2D eigenvalue weighted by Crippen LogP contribution is 2.31. The van der Waals surface area contributed by atoms with Gasteiger partial charge in [0.05, 0.1) is 23.8 Å². The molecule has 1 unspecified atom stereocenters. The maximum absolute atomic E-state index is 12.1. The van der Waals surface area contributed by atoms with E-state index in [2.05, 4.69) is 41.8 Å². The number of para-hydroxylation sites is 2. The molecule has 1 atom stereocenters. The number of hydrogen-bond acceptors (Lipinski definition) is 2. The summed E-state index contributed by atoms with van der Waals surface area (Å²) in [5, 5.41) is 6.46. The van der Waals surface area contributed by atoms with Gasteiger partial charge in [-0.3, -0.25) is 4.79 Å². The highest BCUT2D eigenvalue weighted by molar-refractivity contribution is 5.96. The predicted octanol–water partition coefficient (Wildman–Crippen LogP) is 4.91. The molecule has 1 aliphatic rings. The summed E-state index contributed by atoms with van der Waals surface area (Å²) in [6, 6.07) is 16.6. The molecular formula is C20H24N2O. The van der Waals surface area contributed by atoms with E-state index in [4.69, 9.17) is 0 Å². The smallest absolute Gasteiger partial charge is 0.226 e.